The molecule has 0 radical (unpaired) electrons. The molecule has 2 heterocycles. The van der Waals surface area contributed by atoms with Crippen molar-refractivity contribution >= 4 is 5.69 Å². The number of aryl methyl sites for hydroxylation is 1. The van der Waals surface area contributed by atoms with Crippen molar-refractivity contribution < 1.29 is 0 Å². The first-order valence-electron chi connectivity index (χ1n) is 6.52. The van der Waals surface area contributed by atoms with Gasteiger partial charge in [-0.2, -0.15) is 0 Å². The predicted octanol–water partition coefficient (Wildman–Crippen LogP) is 2.39. The highest BCUT2D eigenvalue weighted by Gasteiger charge is 2.06. The summed E-state index contributed by atoms with van der Waals surface area (Å²) in [5, 5.41) is 0. The maximum atomic E-state index is 5.64. The molecule has 0 aliphatic heterocycles. The Morgan fingerprint density at radius 3 is 2.53 bits per heavy atom. The van der Waals surface area contributed by atoms with Gasteiger partial charge >= 0.3 is 0 Å². The zero-order chi connectivity index (χ0) is 13.7. The minimum absolute atomic E-state index is 0.701. The summed E-state index contributed by atoms with van der Waals surface area (Å²) in [6.45, 7) is 6.77. The number of nitrogen functional groups attached to an aromatic ring is 1. The van der Waals surface area contributed by atoms with Crippen LogP contribution in [0.15, 0.2) is 36.5 Å². The maximum absolute atomic E-state index is 5.64. The molecule has 0 saturated heterocycles. The van der Waals surface area contributed by atoms with E-state index in [1.54, 1.807) is 6.20 Å². The van der Waals surface area contributed by atoms with Crippen molar-refractivity contribution in [2.75, 3.05) is 12.3 Å². The third kappa shape index (κ3) is 4.03. The summed E-state index contributed by atoms with van der Waals surface area (Å²) in [5.74, 6) is 0. The predicted molar refractivity (Wildman–Crippen MR) is 77.4 cm³/mol. The highest BCUT2D eigenvalue weighted by Crippen LogP contribution is 2.08. The average molecular weight is 256 g/mol. The number of nitrogens with two attached hydrogens (primary N) is 1. The van der Waals surface area contributed by atoms with Crippen LogP contribution in [0.25, 0.3) is 0 Å². The molecule has 0 saturated carbocycles. The molecular formula is C15H20N4. The molecule has 0 atom stereocenters. The van der Waals surface area contributed by atoms with Crippen LogP contribution < -0.4 is 5.73 Å². The van der Waals surface area contributed by atoms with Crippen LogP contribution in [0.4, 0.5) is 5.69 Å². The van der Waals surface area contributed by atoms with Crippen LogP contribution in [0.1, 0.15) is 24.0 Å². The largest absolute Gasteiger partial charge is 0.397 e. The fraction of sp³-hybridized carbons (Fsp3) is 0.333. The molecule has 19 heavy (non-hydrogen) atoms. The van der Waals surface area contributed by atoms with E-state index in [9.17, 15) is 0 Å². The van der Waals surface area contributed by atoms with Gasteiger partial charge in [-0.1, -0.05) is 13.0 Å². The molecule has 0 spiro atoms. The summed E-state index contributed by atoms with van der Waals surface area (Å²) < 4.78 is 0. The smallest absolute Gasteiger partial charge is 0.0547 e. The first kappa shape index (κ1) is 13.5. The molecule has 0 fully saturated rings. The fourth-order valence-corrected chi connectivity index (χ4v) is 1.95. The Hall–Kier alpha value is -1.94. The number of hydrogen-bond donors (Lipinski definition) is 1. The van der Waals surface area contributed by atoms with E-state index in [-0.39, 0.29) is 0 Å². The van der Waals surface area contributed by atoms with E-state index in [1.165, 1.54) is 0 Å². The van der Waals surface area contributed by atoms with Crippen LogP contribution in [-0.2, 0) is 13.1 Å². The first-order valence-corrected chi connectivity index (χ1v) is 6.52. The molecule has 2 rings (SSSR count). The Kier molecular flexibility index (Phi) is 4.47. The van der Waals surface area contributed by atoms with E-state index >= 15 is 0 Å². The van der Waals surface area contributed by atoms with E-state index in [0.717, 1.165) is 36.7 Å². The normalized spacial score (nSPS) is 10.9. The lowest BCUT2D eigenvalue weighted by Crippen LogP contribution is -2.23. The van der Waals surface area contributed by atoms with E-state index < -0.39 is 0 Å². The topological polar surface area (TPSA) is 55.0 Å². The van der Waals surface area contributed by atoms with Gasteiger partial charge in [0.15, 0.2) is 0 Å². The zero-order valence-electron chi connectivity index (χ0n) is 11.5. The summed E-state index contributed by atoms with van der Waals surface area (Å²) in [6.07, 6.45) is 1.70. The van der Waals surface area contributed by atoms with Crippen molar-refractivity contribution in [1.29, 1.82) is 0 Å². The van der Waals surface area contributed by atoms with Gasteiger partial charge in [0.05, 0.1) is 23.3 Å². The molecule has 0 aliphatic carbocycles. The molecule has 0 aliphatic rings. The van der Waals surface area contributed by atoms with E-state index in [4.69, 9.17) is 5.73 Å². The monoisotopic (exact) mass is 256 g/mol. The SMILES string of the molecule is CCN(Cc1ccc(N)cn1)Cc1cccc(C)n1. The summed E-state index contributed by atoms with van der Waals surface area (Å²) in [6, 6.07) is 9.99. The minimum atomic E-state index is 0.701. The van der Waals surface area contributed by atoms with Gasteiger partial charge in [0.1, 0.15) is 0 Å². The van der Waals surface area contributed by atoms with Crippen molar-refractivity contribution in [3.63, 3.8) is 0 Å². The number of rotatable bonds is 5. The number of hydrogen-bond acceptors (Lipinski definition) is 4. The third-order valence-corrected chi connectivity index (χ3v) is 3.01. The van der Waals surface area contributed by atoms with Crippen LogP contribution in [-0.4, -0.2) is 21.4 Å². The maximum Gasteiger partial charge on any atom is 0.0547 e. The number of anilines is 1. The summed E-state index contributed by atoms with van der Waals surface area (Å²) in [5.41, 5.74) is 9.53. The lowest BCUT2D eigenvalue weighted by Gasteiger charge is -2.19. The van der Waals surface area contributed by atoms with E-state index in [1.807, 2.05) is 31.2 Å². The van der Waals surface area contributed by atoms with Gasteiger partial charge in [-0.05, 0) is 37.7 Å². The van der Waals surface area contributed by atoms with Crippen molar-refractivity contribution in [3.8, 4) is 0 Å². The Balaban J connectivity index is 2.02. The summed E-state index contributed by atoms with van der Waals surface area (Å²) >= 11 is 0. The van der Waals surface area contributed by atoms with Gasteiger partial charge in [0.25, 0.3) is 0 Å². The quantitative estimate of drug-likeness (QED) is 0.892. The Bertz CT molecular complexity index is 522. The molecule has 2 N–H and O–H groups in total. The number of nitrogens with zero attached hydrogens (tertiary/aromatic N) is 3. The van der Waals surface area contributed by atoms with Gasteiger partial charge < -0.3 is 5.73 Å². The fourth-order valence-electron chi connectivity index (χ4n) is 1.95. The molecule has 4 heteroatoms. The summed E-state index contributed by atoms with van der Waals surface area (Å²) in [4.78, 5) is 11.2. The zero-order valence-corrected chi connectivity index (χ0v) is 11.5. The Labute approximate surface area is 114 Å². The summed E-state index contributed by atoms with van der Waals surface area (Å²) in [7, 11) is 0. The van der Waals surface area contributed by atoms with Crippen molar-refractivity contribution in [2.24, 2.45) is 0 Å². The highest BCUT2D eigenvalue weighted by molar-refractivity contribution is 5.34. The van der Waals surface area contributed by atoms with Gasteiger partial charge in [-0.25, -0.2) is 0 Å². The van der Waals surface area contributed by atoms with Crippen LogP contribution in [0.2, 0.25) is 0 Å². The van der Waals surface area contributed by atoms with Crippen LogP contribution >= 0.6 is 0 Å². The van der Waals surface area contributed by atoms with Crippen molar-refractivity contribution in [2.45, 2.75) is 26.9 Å². The number of aromatic nitrogens is 2. The van der Waals surface area contributed by atoms with Crippen molar-refractivity contribution in [3.05, 3.63) is 53.6 Å². The second kappa shape index (κ2) is 6.29. The Morgan fingerprint density at radius 1 is 1.11 bits per heavy atom. The molecule has 2 aromatic heterocycles. The molecule has 0 amide bonds. The van der Waals surface area contributed by atoms with E-state index in [0.29, 0.717) is 5.69 Å². The van der Waals surface area contributed by atoms with Gasteiger partial charge in [0, 0.05) is 18.8 Å². The molecule has 0 aromatic carbocycles. The lowest BCUT2D eigenvalue weighted by molar-refractivity contribution is 0.265. The van der Waals surface area contributed by atoms with Crippen LogP contribution in [0.3, 0.4) is 0 Å². The molecule has 2 aromatic rings. The molecule has 0 bridgehead atoms. The minimum Gasteiger partial charge on any atom is -0.397 e. The number of pyridine rings is 2. The molecule has 100 valence electrons. The van der Waals surface area contributed by atoms with E-state index in [2.05, 4.69) is 27.9 Å². The van der Waals surface area contributed by atoms with Gasteiger partial charge in [0.2, 0.25) is 0 Å². The van der Waals surface area contributed by atoms with Crippen LogP contribution in [0, 0.1) is 6.92 Å². The second-order valence-electron chi connectivity index (χ2n) is 4.66. The van der Waals surface area contributed by atoms with Crippen LogP contribution in [0.5, 0.6) is 0 Å². The Morgan fingerprint density at radius 2 is 1.89 bits per heavy atom. The first-order chi connectivity index (χ1) is 9.17. The molecular weight excluding hydrogens is 236 g/mol. The van der Waals surface area contributed by atoms with Gasteiger partial charge in [-0.15, -0.1) is 0 Å². The second-order valence-corrected chi connectivity index (χ2v) is 4.66. The van der Waals surface area contributed by atoms with Gasteiger partial charge in [-0.3, -0.25) is 14.9 Å². The van der Waals surface area contributed by atoms with Crippen molar-refractivity contribution in [1.82, 2.24) is 14.9 Å². The standard InChI is InChI=1S/C15H20N4/c1-3-19(10-14-8-7-13(16)9-17-14)11-15-6-4-5-12(2)18-15/h4-9H,3,10-11,16H2,1-2H3. The third-order valence-electron chi connectivity index (χ3n) is 3.01. The average Bonchev–Trinajstić information content (AvgIpc) is 2.40. The lowest BCUT2D eigenvalue weighted by atomic mass is 10.2. The molecule has 0 unspecified atom stereocenters. The molecule has 4 nitrogen and oxygen atoms in total. The highest BCUT2D eigenvalue weighted by atomic mass is 15.1.